The second-order valence-electron chi connectivity index (χ2n) is 7.13. The summed E-state index contributed by atoms with van der Waals surface area (Å²) in [6, 6.07) is 0. The van der Waals surface area contributed by atoms with Gasteiger partial charge in [-0.15, -0.1) is 6.58 Å². The lowest BCUT2D eigenvalue weighted by Gasteiger charge is -2.21. The third kappa shape index (κ3) is 6.97. The molecule has 0 amide bonds. The predicted molar refractivity (Wildman–Crippen MR) is 114 cm³/mol. The van der Waals surface area contributed by atoms with Gasteiger partial charge in [0.25, 0.3) is 5.56 Å². The van der Waals surface area contributed by atoms with Crippen LogP contribution in [0, 0.1) is 0 Å². The zero-order chi connectivity index (χ0) is 23.0. The zero-order valence-corrected chi connectivity index (χ0v) is 18.1. The number of aliphatic hydroxyl groups excluding tert-OH is 2. The molecule has 0 saturated carbocycles. The van der Waals surface area contributed by atoms with Crippen molar-refractivity contribution in [2.75, 3.05) is 18.9 Å². The molecule has 4 atom stereocenters. The molecule has 2 heterocycles. The molecule has 2 rings (SSSR count). The Morgan fingerprint density at radius 1 is 1.52 bits per heavy atom. The number of rotatable bonds is 12. The number of carbonyl (C=O) groups is 1. The Labute approximate surface area is 183 Å². The summed E-state index contributed by atoms with van der Waals surface area (Å²) >= 11 is 1.20. The summed E-state index contributed by atoms with van der Waals surface area (Å²) in [5.41, 5.74) is 0.685. The van der Waals surface area contributed by atoms with Crippen molar-refractivity contribution >= 4 is 17.7 Å². The van der Waals surface area contributed by atoms with Crippen LogP contribution in [0.3, 0.4) is 0 Å². The number of aliphatic hydroxyl groups is 2. The number of carboxylic acids is 1. The molecule has 1 aliphatic rings. The Kier molecular flexibility index (Phi) is 9.85. The monoisotopic (exact) mass is 457 g/mol. The normalized spacial score (nSPS) is 23.8. The summed E-state index contributed by atoms with van der Waals surface area (Å²) in [5, 5.41) is 30.8. The molecule has 1 saturated heterocycles. The molecule has 0 spiro atoms. The Bertz CT molecular complexity index is 862. The molecule has 31 heavy (non-hydrogen) atoms. The quantitative estimate of drug-likeness (QED) is 0.206. The molecule has 0 bridgehead atoms. The summed E-state index contributed by atoms with van der Waals surface area (Å²) < 4.78 is 21.5. The second kappa shape index (κ2) is 12.1. The van der Waals surface area contributed by atoms with Crippen molar-refractivity contribution in [3.05, 3.63) is 46.4 Å². The number of aliphatic carboxylic acids is 1. The van der Waals surface area contributed by atoms with Gasteiger partial charge >= 0.3 is 5.97 Å². The summed E-state index contributed by atoms with van der Waals surface area (Å²) in [6.07, 6.45) is 1.08. The van der Waals surface area contributed by atoms with Crippen molar-refractivity contribution in [1.82, 2.24) is 14.9 Å². The van der Waals surface area contributed by atoms with E-state index in [9.17, 15) is 24.2 Å². The topological polar surface area (TPSA) is 134 Å². The first-order valence-electron chi connectivity index (χ1n) is 9.80. The van der Waals surface area contributed by atoms with Crippen LogP contribution in [0.4, 0.5) is 4.39 Å². The highest BCUT2D eigenvalue weighted by atomic mass is 32.2. The van der Waals surface area contributed by atoms with E-state index in [1.54, 1.807) is 0 Å². The maximum absolute atomic E-state index is 14.7. The van der Waals surface area contributed by atoms with Crippen molar-refractivity contribution in [3.8, 4) is 0 Å². The number of halogens is 1. The number of hydrogen-bond donors (Lipinski definition) is 4. The average Bonchev–Trinajstić information content (AvgIpc) is 3.01. The Morgan fingerprint density at radius 3 is 2.87 bits per heavy atom. The van der Waals surface area contributed by atoms with Gasteiger partial charge in [-0.25, -0.2) is 4.39 Å². The SMILES string of the molecule is C=CCC/C(C)=C/CSc1nc(=O)c(CNCC(=O)O)cn1[C@@H]1O[C@H](CO)C(O)[C@@H]1F. The van der Waals surface area contributed by atoms with Crippen LogP contribution in [0.1, 0.15) is 31.6 Å². The number of allylic oxidation sites excluding steroid dienone is 2. The number of thioether (sulfide) groups is 1. The fourth-order valence-corrected chi connectivity index (χ4v) is 3.95. The molecule has 1 aromatic rings. The molecule has 0 aliphatic carbocycles. The maximum Gasteiger partial charge on any atom is 0.317 e. The number of nitrogens with zero attached hydrogens (tertiary/aromatic N) is 2. The van der Waals surface area contributed by atoms with Crippen LogP contribution in [-0.4, -0.2) is 68.1 Å². The van der Waals surface area contributed by atoms with E-state index >= 15 is 0 Å². The van der Waals surface area contributed by atoms with E-state index in [2.05, 4.69) is 16.9 Å². The van der Waals surface area contributed by atoms with Gasteiger partial charge in [-0.3, -0.25) is 14.2 Å². The average molecular weight is 458 g/mol. The predicted octanol–water partition coefficient (Wildman–Crippen LogP) is 1.01. The van der Waals surface area contributed by atoms with E-state index in [0.29, 0.717) is 5.75 Å². The summed E-state index contributed by atoms with van der Waals surface area (Å²) in [5.74, 6) is -0.613. The minimum Gasteiger partial charge on any atom is -0.480 e. The highest BCUT2D eigenvalue weighted by Gasteiger charge is 2.45. The molecule has 0 radical (unpaired) electrons. The first-order valence-corrected chi connectivity index (χ1v) is 10.8. The van der Waals surface area contributed by atoms with Crippen LogP contribution in [0.15, 0.2) is 40.5 Å². The molecule has 4 N–H and O–H groups in total. The second-order valence-corrected chi connectivity index (χ2v) is 8.12. The smallest absolute Gasteiger partial charge is 0.317 e. The van der Waals surface area contributed by atoms with E-state index in [1.807, 2.05) is 19.1 Å². The van der Waals surface area contributed by atoms with Gasteiger partial charge in [0.05, 0.1) is 13.2 Å². The number of alkyl halides is 1. The number of ether oxygens (including phenoxy) is 1. The van der Waals surface area contributed by atoms with E-state index in [0.717, 1.165) is 18.4 Å². The minimum atomic E-state index is -1.84. The number of hydrogen-bond acceptors (Lipinski definition) is 8. The molecule has 1 aliphatic heterocycles. The molecule has 11 heteroatoms. The lowest BCUT2D eigenvalue weighted by Crippen LogP contribution is -2.32. The van der Waals surface area contributed by atoms with Gasteiger partial charge in [0, 0.05) is 24.1 Å². The summed E-state index contributed by atoms with van der Waals surface area (Å²) in [7, 11) is 0. The summed E-state index contributed by atoms with van der Waals surface area (Å²) in [6.45, 7) is 4.65. The van der Waals surface area contributed by atoms with Crippen LogP contribution < -0.4 is 10.9 Å². The molecular formula is C20H28FN3O6S. The van der Waals surface area contributed by atoms with Gasteiger partial charge in [-0.1, -0.05) is 29.5 Å². The lowest BCUT2D eigenvalue weighted by atomic mass is 10.1. The van der Waals surface area contributed by atoms with E-state index in [-0.39, 0.29) is 23.8 Å². The van der Waals surface area contributed by atoms with E-state index in [1.165, 1.54) is 22.5 Å². The van der Waals surface area contributed by atoms with Crippen molar-refractivity contribution in [1.29, 1.82) is 0 Å². The fraction of sp³-hybridized carbons (Fsp3) is 0.550. The lowest BCUT2D eigenvalue weighted by molar-refractivity contribution is -0.136. The van der Waals surface area contributed by atoms with Crippen molar-refractivity contribution in [2.24, 2.45) is 0 Å². The molecule has 9 nitrogen and oxygen atoms in total. The first-order chi connectivity index (χ1) is 14.8. The maximum atomic E-state index is 14.7. The van der Waals surface area contributed by atoms with Crippen molar-refractivity contribution < 1.29 is 29.2 Å². The van der Waals surface area contributed by atoms with Crippen LogP contribution >= 0.6 is 11.8 Å². The third-order valence-electron chi connectivity index (χ3n) is 4.71. The molecule has 0 aromatic carbocycles. The summed E-state index contributed by atoms with van der Waals surface area (Å²) in [4.78, 5) is 27.1. The van der Waals surface area contributed by atoms with Gasteiger partial charge in [0.15, 0.2) is 17.6 Å². The first kappa shape index (κ1) is 25.2. The third-order valence-corrected chi connectivity index (χ3v) is 5.61. The van der Waals surface area contributed by atoms with E-state index < -0.39 is 42.7 Å². The number of nitrogens with one attached hydrogen (secondary N) is 1. The standard InChI is InChI=1S/C20H28FN3O6S/c1-3-4-5-12(2)6-7-31-20-23-18(29)13(8-22-9-15(26)27)10-24(20)19-16(21)17(28)14(11-25)30-19/h3,6,10,14,16-17,19,22,25,28H,1,4-5,7-9,11H2,2H3,(H,26,27)/b12-6+/t14-,16+,17?,19-/m1/s1. The minimum absolute atomic E-state index is 0.0840. The van der Waals surface area contributed by atoms with Crippen LogP contribution in [0.25, 0.3) is 0 Å². The van der Waals surface area contributed by atoms with Crippen molar-refractivity contribution in [3.63, 3.8) is 0 Å². The molecule has 1 aromatic heterocycles. The van der Waals surface area contributed by atoms with Gasteiger partial charge in [-0.2, -0.15) is 4.98 Å². The van der Waals surface area contributed by atoms with Gasteiger partial charge in [-0.05, 0) is 19.8 Å². The number of aromatic nitrogens is 2. The van der Waals surface area contributed by atoms with Gasteiger partial charge in [0.2, 0.25) is 0 Å². The Hall–Kier alpha value is -2.05. The van der Waals surface area contributed by atoms with Crippen LogP contribution in [0.5, 0.6) is 0 Å². The van der Waals surface area contributed by atoms with E-state index in [4.69, 9.17) is 9.84 Å². The Balaban J connectivity index is 2.30. The highest BCUT2D eigenvalue weighted by Crippen LogP contribution is 2.34. The Morgan fingerprint density at radius 2 is 2.26 bits per heavy atom. The molecule has 1 fully saturated rings. The van der Waals surface area contributed by atoms with Crippen LogP contribution in [0.2, 0.25) is 0 Å². The fourth-order valence-electron chi connectivity index (χ4n) is 2.98. The zero-order valence-electron chi connectivity index (χ0n) is 17.2. The molecular weight excluding hydrogens is 429 g/mol. The number of carboxylic acid groups (broad SMARTS) is 1. The van der Waals surface area contributed by atoms with Crippen LogP contribution in [-0.2, 0) is 16.1 Å². The highest BCUT2D eigenvalue weighted by molar-refractivity contribution is 7.99. The van der Waals surface area contributed by atoms with Crippen molar-refractivity contribution in [2.45, 2.75) is 56.1 Å². The molecule has 172 valence electrons. The largest absolute Gasteiger partial charge is 0.480 e. The molecule has 1 unspecified atom stereocenters. The van der Waals surface area contributed by atoms with Gasteiger partial charge < -0.3 is 25.4 Å². The van der Waals surface area contributed by atoms with Gasteiger partial charge in [0.1, 0.15) is 12.2 Å².